The van der Waals surface area contributed by atoms with E-state index in [-0.39, 0.29) is 17.8 Å². The number of amides is 1. The van der Waals surface area contributed by atoms with Gasteiger partial charge in [0.15, 0.2) is 11.5 Å². The van der Waals surface area contributed by atoms with Crippen LogP contribution in [0.3, 0.4) is 0 Å². The molecule has 1 aromatic carbocycles. The Morgan fingerprint density at radius 3 is 2.85 bits per heavy atom. The van der Waals surface area contributed by atoms with Crippen LogP contribution in [0.1, 0.15) is 35.3 Å². The van der Waals surface area contributed by atoms with E-state index in [9.17, 15) is 4.79 Å². The standard InChI is InChI=1S/C20H24N2O5/c1-14(15-6-7-17-18(13-15)26-10-4-9-25-17)22-19(23)16-5-3-8-21-20(16)27-12-11-24-2/h3,5-8,13-14H,4,9-12H2,1-2H3,(H,22,23). The molecule has 2 heterocycles. The first-order chi connectivity index (χ1) is 13.2. The second kappa shape index (κ2) is 9.23. The number of nitrogens with one attached hydrogen (secondary N) is 1. The highest BCUT2D eigenvalue weighted by Crippen LogP contribution is 2.32. The zero-order chi connectivity index (χ0) is 19.1. The Kier molecular flexibility index (Phi) is 6.49. The molecule has 0 saturated heterocycles. The van der Waals surface area contributed by atoms with E-state index < -0.39 is 0 Å². The van der Waals surface area contributed by atoms with Gasteiger partial charge in [-0.25, -0.2) is 4.98 Å². The fourth-order valence-corrected chi connectivity index (χ4v) is 2.71. The van der Waals surface area contributed by atoms with Crippen molar-refractivity contribution in [3.05, 3.63) is 47.7 Å². The predicted molar refractivity (Wildman–Crippen MR) is 99.5 cm³/mol. The van der Waals surface area contributed by atoms with Crippen LogP contribution in [-0.2, 0) is 4.74 Å². The molecule has 0 saturated carbocycles. The first-order valence-corrected chi connectivity index (χ1v) is 8.96. The van der Waals surface area contributed by atoms with Gasteiger partial charge in [-0.1, -0.05) is 6.07 Å². The molecule has 3 rings (SSSR count). The molecule has 0 radical (unpaired) electrons. The number of carbonyl (C=O) groups excluding carboxylic acids is 1. The molecular weight excluding hydrogens is 348 g/mol. The first-order valence-electron chi connectivity index (χ1n) is 8.96. The number of rotatable bonds is 7. The van der Waals surface area contributed by atoms with Crippen LogP contribution in [-0.4, -0.2) is 44.4 Å². The SMILES string of the molecule is COCCOc1ncccc1C(=O)NC(C)c1ccc2c(c1)OCCCO2. The molecule has 1 amide bonds. The monoisotopic (exact) mass is 372 g/mol. The predicted octanol–water partition coefficient (Wildman–Crippen LogP) is 2.76. The number of ether oxygens (including phenoxy) is 4. The molecule has 1 aromatic heterocycles. The lowest BCUT2D eigenvalue weighted by atomic mass is 10.1. The van der Waals surface area contributed by atoms with E-state index in [1.54, 1.807) is 25.4 Å². The lowest BCUT2D eigenvalue weighted by Gasteiger charge is -2.17. The third kappa shape index (κ3) is 4.89. The van der Waals surface area contributed by atoms with E-state index in [0.29, 0.717) is 37.7 Å². The third-order valence-electron chi connectivity index (χ3n) is 4.16. The van der Waals surface area contributed by atoms with Gasteiger partial charge in [-0.2, -0.15) is 0 Å². The van der Waals surface area contributed by atoms with E-state index in [4.69, 9.17) is 18.9 Å². The number of carbonyl (C=O) groups is 1. The van der Waals surface area contributed by atoms with Crippen molar-refractivity contribution in [2.75, 3.05) is 33.5 Å². The normalized spacial score (nSPS) is 14.1. The summed E-state index contributed by atoms with van der Waals surface area (Å²) in [4.78, 5) is 16.9. The van der Waals surface area contributed by atoms with Crippen molar-refractivity contribution in [3.63, 3.8) is 0 Å². The summed E-state index contributed by atoms with van der Waals surface area (Å²) in [6.45, 7) is 3.93. The van der Waals surface area contributed by atoms with Crippen molar-refractivity contribution in [1.29, 1.82) is 0 Å². The average molecular weight is 372 g/mol. The van der Waals surface area contributed by atoms with Gasteiger partial charge in [-0.05, 0) is 36.8 Å². The quantitative estimate of drug-likeness (QED) is 0.753. The largest absolute Gasteiger partial charge is 0.490 e. The Balaban J connectivity index is 1.70. The maximum atomic E-state index is 12.7. The summed E-state index contributed by atoms with van der Waals surface area (Å²) in [5.41, 5.74) is 1.31. The number of methoxy groups -OCH3 is 1. The van der Waals surface area contributed by atoms with Crippen molar-refractivity contribution in [3.8, 4) is 17.4 Å². The van der Waals surface area contributed by atoms with E-state index in [2.05, 4.69) is 10.3 Å². The van der Waals surface area contributed by atoms with Crippen LogP contribution in [0, 0.1) is 0 Å². The maximum absolute atomic E-state index is 12.7. The van der Waals surface area contributed by atoms with Gasteiger partial charge in [-0.15, -0.1) is 0 Å². The topological polar surface area (TPSA) is 78.9 Å². The van der Waals surface area contributed by atoms with Crippen molar-refractivity contribution < 1.29 is 23.7 Å². The van der Waals surface area contributed by atoms with E-state index in [1.807, 2.05) is 25.1 Å². The number of hydrogen-bond acceptors (Lipinski definition) is 6. The molecule has 1 atom stereocenters. The van der Waals surface area contributed by atoms with E-state index in [1.165, 1.54) is 0 Å². The minimum absolute atomic E-state index is 0.221. The van der Waals surface area contributed by atoms with Crippen molar-refractivity contribution in [2.24, 2.45) is 0 Å². The Bertz CT molecular complexity index is 781. The fraction of sp³-hybridized carbons (Fsp3) is 0.400. The number of pyridine rings is 1. The molecule has 1 unspecified atom stereocenters. The van der Waals surface area contributed by atoms with Gasteiger partial charge in [0.05, 0.1) is 25.9 Å². The van der Waals surface area contributed by atoms with Gasteiger partial charge < -0.3 is 24.3 Å². The van der Waals surface area contributed by atoms with Crippen LogP contribution < -0.4 is 19.5 Å². The smallest absolute Gasteiger partial charge is 0.257 e. The van der Waals surface area contributed by atoms with Crippen LogP contribution in [0.4, 0.5) is 0 Å². The molecule has 7 nitrogen and oxygen atoms in total. The van der Waals surface area contributed by atoms with Crippen LogP contribution in [0.25, 0.3) is 0 Å². The van der Waals surface area contributed by atoms with Gasteiger partial charge in [0.25, 0.3) is 5.91 Å². The van der Waals surface area contributed by atoms with Gasteiger partial charge >= 0.3 is 0 Å². The summed E-state index contributed by atoms with van der Waals surface area (Å²) >= 11 is 0. The Morgan fingerprint density at radius 2 is 2.04 bits per heavy atom. The average Bonchev–Trinajstić information content (AvgIpc) is 2.93. The molecule has 27 heavy (non-hydrogen) atoms. The molecule has 7 heteroatoms. The molecule has 144 valence electrons. The van der Waals surface area contributed by atoms with Crippen LogP contribution in [0.15, 0.2) is 36.5 Å². The zero-order valence-corrected chi connectivity index (χ0v) is 15.6. The summed E-state index contributed by atoms with van der Waals surface area (Å²) in [5.74, 6) is 1.47. The summed E-state index contributed by atoms with van der Waals surface area (Å²) in [6.07, 6.45) is 2.44. The van der Waals surface area contributed by atoms with Gasteiger partial charge in [0.2, 0.25) is 5.88 Å². The molecule has 1 N–H and O–H groups in total. The Morgan fingerprint density at radius 1 is 1.22 bits per heavy atom. The summed E-state index contributed by atoms with van der Waals surface area (Å²) in [7, 11) is 1.59. The number of fused-ring (bicyclic) bond motifs is 1. The Labute approximate surface area is 158 Å². The molecule has 2 aromatic rings. The van der Waals surface area contributed by atoms with Crippen LogP contribution in [0.5, 0.6) is 17.4 Å². The van der Waals surface area contributed by atoms with Crippen LogP contribution in [0.2, 0.25) is 0 Å². The van der Waals surface area contributed by atoms with Gasteiger partial charge in [0.1, 0.15) is 12.2 Å². The van der Waals surface area contributed by atoms with E-state index >= 15 is 0 Å². The molecule has 0 spiro atoms. The number of hydrogen-bond donors (Lipinski definition) is 1. The van der Waals surface area contributed by atoms with E-state index in [0.717, 1.165) is 17.7 Å². The minimum Gasteiger partial charge on any atom is -0.490 e. The summed E-state index contributed by atoms with van der Waals surface area (Å²) < 4.78 is 21.9. The highest BCUT2D eigenvalue weighted by molar-refractivity contribution is 5.96. The van der Waals surface area contributed by atoms with Gasteiger partial charge in [0, 0.05) is 19.7 Å². The minimum atomic E-state index is -0.255. The first kappa shape index (κ1) is 19.0. The number of aromatic nitrogens is 1. The molecule has 0 bridgehead atoms. The molecular formula is C20H24N2O5. The third-order valence-corrected chi connectivity index (χ3v) is 4.16. The zero-order valence-electron chi connectivity index (χ0n) is 15.6. The van der Waals surface area contributed by atoms with Crippen LogP contribution >= 0.6 is 0 Å². The maximum Gasteiger partial charge on any atom is 0.257 e. The van der Waals surface area contributed by atoms with Crippen molar-refractivity contribution in [2.45, 2.75) is 19.4 Å². The van der Waals surface area contributed by atoms with Crippen molar-refractivity contribution in [1.82, 2.24) is 10.3 Å². The summed E-state index contributed by atoms with van der Waals surface area (Å²) in [5, 5.41) is 2.98. The second-order valence-electron chi connectivity index (χ2n) is 6.15. The number of nitrogens with zero attached hydrogens (tertiary/aromatic N) is 1. The van der Waals surface area contributed by atoms with Crippen molar-refractivity contribution >= 4 is 5.91 Å². The number of benzene rings is 1. The molecule has 1 aliphatic rings. The molecule has 0 fully saturated rings. The molecule has 0 aliphatic carbocycles. The highest BCUT2D eigenvalue weighted by Gasteiger charge is 2.18. The Hall–Kier alpha value is -2.80. The lowest BCUT2D eigenvalue weighted by Crippen LogP contribution is -2.27. The second-order valence-corrected chi connectivity index (χ2v) is 6.15. The highest BCUT2D eigenvalue weighted by atomic mass is 16.5. The lowest BCUT2D eigenvalue weighted by molar-refractivity contribution is 0.0930. The summed E-state index contributed by atoms with van der Waals surface area (Å²) in [6, 6.07) is 8.88. The fourth-order valence-electron chi connectivity index (χ4n) is 2.71. The van der Waals surface area contributed by atoms with Gasteiger partial charge in [-0.3, -0.25) is 4.79 Å². The molecule has 1 aliphatic heterocycles.